The summed E-state index contributed by atoms with van der Waals surface area (Å²) in [6.07, 6.45) is 1.39. The minimum absolute atomic E-state index is 0.00241. The van der Waals surface area contributed by atoms with Gasteiger partial charge in [-0.15, -0.1) is 0 Å². The van der Waals surface area contributed by atoms with Gasteiger partial charge in [0.25, 0.3) is 5.91 Å². The number of carbonyl (C=O) groups excluding carboxylic acids is 2. The molecule has 1 aliphatic rings. The zero-order valence-corrected chi connectivity index (χ0v) is 16.0. The van der Waals surface area contributed by atoms with E-state index in [4.69, 9.17) is 0 Å². The standard InChI is InChI=1S/C19H31N3O2/c1-14-12-16(15(2)20(14)6)18(24)22-9-7-8-21(10-11-22)17(23)13-19(3,4)5/h12H,7-11,13H2,1-6H3. The van der Waals surface area contributed by atoms with Crippen molar-refractivity contribution in [3.05, 3.63) is 23.0 Å². The Morgan fingerprint density at radius 1 is 1.04 bits per heavy atom. The van der Waals surface area contributed by atoms with Crippen molar-refractivity contribution < 1.29 is 9.59 Å². The van der Waals surface area contributed by atoms with Gasteiger partial charge in [0.2, 0.25) is 5.91 Å². The number of aromatic nitrogens is 1. The first-order chi connectivity index (χ1) is 11.1. The lowest BCUT2D eigenvalue weighted by atomic mass is 9.91. The molecule has 0 saturated carbocycles. The Hall–Kier alpha value is -1.78. The number of rotatable bonds is 2. The van der Waals surface area contributed by atoms with Crippen molar-refractivity contribution in [1.82, 2.24) is 14.4 Å². The van der Waals surface area contributed by atoms with Crippen molar-refractivity contribution in [2.45, 2.75) is 47.5 Å². The molecule has 0 atom stereocenters. The van der Waals surface area contributed by atoms with Crippen molar-refractivity contribution in [2.75, 3.05) is 26.2 Å². The summed E-state index contributed by atoms with van der Waals surface area (Å²) in [4.78, 5) is 29.1. The number of nitrogens with zero attached hydrogens (tertiary/aromatic N) is 3. The number of amides is 2. The smallest absolute Gasteiger partial charge is 0.255 e. The van der Waals surface area contributed by atoms with Crippen LogP contribution in [0.25, 0.3) is 0 Å². The topological polar surface area (TPSA) is 45.6 Å². The average Bonchev–Trinajstić information content (AvgIpc) is 2.70. The van der Waals surface area contributed by atoms with Gasteiger partial charge < -0.3 is 14.4 Å². The lowest BCUT2D eigenvalue weighted by molar-refractivity contribution is -0.132. The van der Waals surface area contributed by atoms with E-state index in [1.54, 1.807) is 0 Å². The number of carbonyl (C=O) groups is 2. The third-order valence-electron chi connectivity index (χ3n) is 4.82. The van der Waals surface area contributed by atoms with Crippen LogP contribution in [0.5, 0.6) is 0 Å². The molecule has 0 aromatic carbocycles. The lowest BCUT2D eigenvalue weighted by Crippen LogP contribution is -2.38. The second-order valence-corrected chi connectivity index (χ2v) is 8.11. The molecule has 1 aromatic heterocycles. The first kappa shape index (κ1) is 18.6. The highest BCUT2D eigenvalue weighted by atomic mass is 16.2. The van der Waals surface area contributed by atoms with Gasteiger partial charge in [0.1, 0.15) is 0 Å². The van der Waals surface area contributed by atoms with Crippen molar-refractivity contribution in [3.63, 3.8) is 0 Å². The maximum absolute atomic E-state index is 12.9. The maximum atomic E-state index is 12.9. The monoisotopic (exact) mass is 333 g/mol. The Morgan fingerprint density at radius 3 is 2.17 bits per heavy atom. The van der Waals surface area contributed by atoms with E-state index in [9.17, 15) is 9.59 Å². The van der Waals surface area contributed by atoms with Gasteiger partial charge in [-0.25, -0.2) is 0 Å². The third kappa shape index (κ3) is 4.19. The second kappa shape index (κ2) is 6.99. The molecule has 0 spiro atoms. The molecule has 1 fully saturated rings. The first-order valence-electron chi connectivity index (χ1n) is 8.80. The normalized spacial score (nSPS) is 16.2. The van der Waals surface area contributed by atoms with Crippen LogP contribution in [0.3, 0.4) is 0 Å². The Balaban J connectivity index is 2.04. The van der Waals surface area contributed by atoms with Crippen LogP contribution < -0.4 is 0 Å². The molecule has 0 bridgehead atoms. The molecule has 5 heteroatoms. The van der Waals surface area contributed by atoms with Crippen molar-refractivity contribution in [2.24, 2.45) is 12.5 Å². The summed E-state index contributed by atoms with van der Waals surface area (Å²) >= 11 is 0. The Bertz CT molecular complexity index is 625. The molecule has 1 saturated heterocycles. The molecule has 134 valence electrons. The van der Waals surface area contributed by atoms with E-state index in [0.29, 0.717) is 26.1 Å². The van der Waals surface area contributed by atoms with E-state index in [2.05, 4.69) is 20.8 Å². The zero-order valence-electron chi connectivity index (χ0n) is 16.0. The molecule has 2 amide bonds. The summed E-state index contributed by atoms with van der Waals surface area (Å²) < 4.78 is 2.05. The van der Waals surface area contributed by atoms with Gasteiger partial charge in [-0.1, -0.05) is 20.8 Å². The zero-order chi connectivity index (χ0) is 18.1. The van der Waals surface area contributed by atoms with Gasteiger partial charge in [-0.3, -0.25) is 9.59 Å². The maximum Gasteiger partial charge on any atom is 0.255 e. The summed E-state index contributed by atoms with van der Waals surface area (Å²) in [5, 5.41) is 0. The largest absolute Gasteiger partial charge is 0.351 e. The van der Waals surface area contributed by atoms with Crippen LogP contribution in [0.4, 0.5) is 0 Å². The predicted octanol–water partition coefficient (Wildman–Crippen LogP) is 2.75. The molecule has 2 rings (SSSR count). The second-order valence-electron chi connectivity index (χ2n) is 8.11. The quantitative estimate of drug-likeness (QED) is 0.835. The van der Waals surface area contributed by atoms with E-state index in [-0.39, 0.29) is 17.2 Å². The third-order valence-corrected chi connectivity index (χ3v) is 4.82. The molecule has 1 aliphatic heterocycles. The summed E-state index contributed by atoms with van der Waals surface area (Å²) in [6, 6.07) is 1.96. The minimum atomic E-state index is -0.00241. The fourth-order valence-electron chi connectivity index (χ4n) is 3.18. The summed E-state index contributed by atoms with van der Waals surface area (Å²) in [5.41, 5.74) is 2.87. The molecule has 2 heterocycles. The summed E-state index contributed by atoms with van der Waals surface area (Å²) in [5.74, 6) is 0.282. The Labute approximate surface area is 145 Å². The van der Waals surface area contributed by atoms with Crippen LogP contribution in [-0.4, -0.2) is 52.4 Å². The minimum Gasteiger partial charge on any atom is -0.351 e. The van der Waals surface area contributed by atoms with Gasteiger partial charge in [0.15, 0.2) is 0 Å². The van der Waals surface area contributed by atoms with Crippen molar-refractivity contribution >= 4 is 11.8 Å². The van der Waals surface area contributed by atoms with Gasteiger partial charge >= 0.3 is 0 Å². The highest BCUT2D eigenvalue weighted by molar-refractivity contribution is 5.95. The number of hydrogen-bond acceptors (Lipinski definition) is 2. The van der Waals surface area contributed by atoms with Crippen LogP contribution in [0, 0.1) is 19.3 Å². The SMILES string of the molecule is Cc1cc(C(=O)N2CCCN(C(=O)CC(C)(C)C)CC2)c(C)n1C. The Morgan fingerprint density at radius 2 is 1.62 bits per heavy atom. The summed E-state index contributed by atoms with van der Waals surface area (Å²) in [7, 11) is 1.98. The van der Waals surface area contributed by atoms with Gasteiger partial charge in [0, 0.05) is 51.0 Å². The summed E-state index contributed by atoms with van der Waals surface area (Å²) in [6.45, 7) is 12.9. The average molecular weight is 333 g/mol. The Kier molecular flexibility index (Phi) is 5.41. The van der Waals surface area contributed by atoms with Crippen LogP contribution >= 0.6 is 0 Å². The van der Waals surface area contributed by atoms with Crippen LogP contribution in [0.2, 0.25) is 0 Å². The van der Waals surface area contributed by atoms with Crippen LogP contribution in [0.1, 0.15) is 55.4 Å². The van der Waals surface area contributed by atoms with Crippen molar-refractivity contribution in [3.8, 4) is 0 Å². The lowest BCUT2D eigenvalue weighted by Gasteiger charge is -2.25. The number of hydrogen-bond donors (Lipinski definition) is 0. The van der Waals surface area contributed by atoms with Gasteiger partial charge in [-0.2, -0.15) is 0 Å². The van der Waals surface area contributed by atoms with E-state index in [1.165, 1.54) is 0 Å². The van der Waals surface area contributed by atoms with E-state index < -0.39 is 0 Å². The molecular formula is C19H31N3O2. The van der Waals surface area contributed by atoms with E-state index in [1.807, 2.05) is 41.3 Å². The van der Waals surface area contributed by atoms with Crippen molar-refractivity contribution in [1.29, 1.82) is 0 Å². The van der Waals surface area contributed by atoms with Gasteiger partial charge in [-0.05, 0) is 31.7 Å². The molecule has 0 N–H and O–H groups in total. The fraction of sp³-hybridized carbons (Fsp3) is 0.684. The predicted molar refractivity (Wildman–Crippen MR) is 96.1 cm³/mol. The molecule has 0 aliphatic carbocycles. The molecule has 0 radical (unpaired) electrons. The van der Waals surface area contributed by atoms with Gasteiger partial charge in [0.05, 0.1) is 5.56 Å². The number of aryl methyl sites for hydroxylation is 1. The first-order valence-corrected chi connectivity index (χ1v) is 8.80. The van der Waals surface area contributed by atoms with E-state index >= 15 is 0 Å². The molecule has 0 unspecified atom stereocenters. The molecule has 1 aromatic rings. The van der Waals surface area contributed by atoms with Crippen LogP contribution in [-0.2, 0) is 11.8 Å². The molecular weight excluding hydrogens is 302 g/mol. The highest BCUT2D eigenvalue weighted by Gasteiger charge is 2.26. The molecule has 24 heavy (non-hydrogen) atoms. The van der Waals surface area contributed by atoms with E-state index in [0.717, 1.165) is 29.9 Å². The van der Waals surface area contributed by atoms with Crippen LogP contribution in [0.15, 0.2) is 6.07 Å². The highest BCUT2D eigenvalue weighted by Crippen LogP contribution is 2.21. The fourth-order valence-corrected chi connectivity index (χ4v) is 3.18. The molecule has 5 nitrogen and oxygen atoms in total.